The Kier molecular flexibility index (Phi) is 5.19. The Morgan fingerprint density at radius 1 is 1.15 bits per heavy atom. The van der Waals surface area contributed by atoms with Crippen LogP contribution in [0.4, 0.5) is 4.79 Å². The molecule has 27 heavy (non-hydrogen) atoms. The van der Waals surface area contributed by atoms with Crippen molar-refractivity contribution in [1.82, 2.24) is 10.2 Å². The maximum absolute atomic E-state index is 12.7. The highest BCUT2D eigenvalue weighted by Crippen LogP contribution is 2.33. The smallest absolute Gasteiger partial charge is 0.408 e. The number of nitrogens with zero attached hydrogens (tertiary/aromatic N) is 1. The Morgan fingerprint density at radius 2 is 1.78 bits per heavy atom. The largest absolute Gasteiger partial charge is 0.444 e. The van der Waals surface area contributed by atoms with E-state index in [9.17, 15) is 14.7 Å². The number of rotatable bonds is 4. The quantitative estimate of drug-likeness (QED) is 0.867. The molecule has 1 aliphatic heterocycles. The molecule has 1 heterocycles. The maximum Gasteiger partial charge on any atom is 0.408 e. The van der Waals surface area contributed by atoms with Crippen LogP contribution in [-0.4, -0.2) is 34.2 Å². The second-order valence-corrected chi connectivity index (χ2v) is 7.53. The van der Waals surface area contributed by atoms with E-state index in [0.29, 0.717) is 11.1 Å². The molecule has 0 radical (unpaired) electrons. The van der Waals surface area contributed by atoms with E-state index in [1.165, 1.54) is 4.90 Å². The number of nitrogens with one attached hydrogen (secondary N) is 1. The lowest BCUT2D eigenvalue weighted by Crippen LogP contribution is -2.41. The molecule has 0 aromatic heterocycles. The van der Waals surface area contributed by atoms with Crippen LogP contribution in [0.5, 0.6) is 0 Å². The second-order valence-electron chi connectivity index (χ2n) is 7.53. The zero-order valence-electron chi connectivity index (χ0n) is 15.7. The van der Waals surface area contributed by atoms with Gasteiger partial charge in [-0.05, 0) is 32.4 Å². The Labute approximate surface area is 158 Å². The predicted molar refractivity (Wildman–Crippen MR) is 101 cm³/mol. The first kappa shape index (κ1) is 18.9. The first-order chi connectivity index (χ1) is 12.8. The summed E-state index contributed by atoms with van der Waals surface area (Å²) < 4.78 is 5.35. The van der Waals surface area contributed by atoms with Crippen molar-refractivity contribution >= 4 is 12.0 Å². The van der Waals surface area contributed by atoms with Gasteiger partial charge < -0.3 is 20.1 Å². The van der Waals surface area contributed by atoms with Crippen LogP contribution in [-0.2, 0) is 4.74 Å². The summed E-state index contributed by atoms with van der Waals surface area (Å²) in [4.78, 5) is 26.4. The van der Waals surface area contributed by atoms with Gasteiger partial charge in [0, 0.05) is 17.7 Å². The second kappa shape index (κ2) is 7.40. The number of aliphatic hydroxyl groups excluding tert-OH is 1. The average molecular weight is 368 g/mol. The lowest BCUT2D eigenvalue weighted by Gasteiger charge is -2.29. The number of hydrogen-bond donors (Lipinski definition) is 2. The summed E-state index contributed by atoms with van der Waals surface area (Å²) in [5, 5.41) is 13.4. The normalized spacial score (nSPS) is 17.4. The lowest BCUT2D eigenvalue weighted by atomic mass is 10.1. The van der Waals surface area contributed by atoms with E-state index in [1.807, 2.05) is 30.3 Å². The Hall–Kier alpha value is -2.86. The summed E-state index contributed by atoms with van der Waals surface area (Å²) in [7, 11) is 0. The van der Waals surface area contributed by atoms with Crippen LogP contribution in [0.1, 0.15) is 54.5 Å². The third-order valence-corrected chi connectivity index (χ3v) is 4.30. The van der Waals surface area contributed by atoms with Crippen LogP contribution in [0.25, 0.3) is 0 Å². The van der Waals surface area contributed by atoms with Gasteiger partial charge in [-0.25, -0.2) is 4.79 Å². The van der Waals surface area contributed by atoms with E-state index in [1.54, 1.807) is 45.0 Å². The van der Waals surface area contributed by atoms with Crippen LogP contribution in [0.2, 0.25) is 0 Å². The summed E-state index contributed by atoms with van der Waals surface area (Å²) in [5.41, 5.74) is 1.24. The third-order valence-electron chi connectivity index (χ3n) is 4.30. The number of carbonyl (C=O) groups excluding carboxylic acids is 2. The zero-order valence-corrected chi connectivity index (χ0v) is 15.7. The number of carbonyl (C=O) groups is 2. The molecule has 0 saturated carbocycles. The molecule has 6 heteroatoms. The van der Waals surface area contributed by atoms with Gasteiger partial charge in [-0.3, -0.25) is 4.79 Å². The van der Waals surface area contributed by atoms with Crippen LogP contribution < -0.4 is 5.32 Å². The maximum atomic E-state index is 12.7. The monoisotopic (exact) mass is 368 g/mol. The van der Waals surface area contributed by atoms with E-state index in [-0.39, 0.29) is 12.5 Å². The summed E-state index contributed by atoms with van der Waals surface area (Å²) in [6.07, 6.45) is -1.62. The van der Waals surface area contributed by atoms with Crippen molar-refractivity contribution in [2.24, 2.45) is 0 Å². The van der Waals surface area contributed by atoms with Gasteiger partial charge in [0.15, 0.2) is 6.23 Å². The van der Waals surface area contributed by atoms with Crippen molar-refractivity contribution in [1.29, 1.82) is 0 Å². The number of fused-ring (bicyclic) bond motifs is 1. The van der Waals surface area contributed by atoms with Crippen LogP contribution >= 0.6 is 0 Å². The molecule has 2 aromatic carbocycles. The molecule has 2 N–H and O–H groups in total. The number of benzene rings is 2. The Balaban J connectivity index is 1.82. The molecule has 142 valence electrons. The molecule has 3 rings (SSSR count). The summed E-state index contributed by atoms with van der Waals surface area (Å²) in [6.45, 7) is 5.48. The van der Waals surface area contributed by atoms with E-state index in [0.717, 1.165) is 5.56 Å². The number of amides is 2. The lowest BCUT2D eigenvalue weighted by molar-refractivity contribution is 0.0107. The van der Waals surface area contributed by atoms with Crippen molar-refractivity contribution in [3.05, 3.63) is 71.3 Å². The van der Waals surface area contributed by atoms with E-state index in [2.05, 4.69) is 5.32 Å². The van der Waals surface area contributed by atoms with Gasteiger partial charge in [-0.15, -0.1) is 0 Å². The average Bonchev–Trinajstić information content (AvgIpc) is 2.85. The molecule has 1 aliphatic rings. The fraction of sp³-hybridized carbons (Fsp3) is 0.333. The van der Waals surface area contributed by atoms with Crippen molar-refractivity contribution in [2.75, 3.05) is 6.54 Å². The summed E-state index contributed by atoms with van der Waals surface area (Å²) in [6, 6.07) is 15.8. The highest BCUT2D eigenvalue weighted by molar-refractivity contribution is 5.98. The minimum absolute atomic E-state index is 0.123. The summed E-state index contributed by atoms with van der Waals surface area (Å²) >= 11 is 0. The SMILES string of the molecule is CC(C)(C)OC(=O)N[C@@H](CN1C(=O)c2ccccc2C1O)c1ccccc1. The van der Waals surface area contributed by atoms with Crippen molar-refractivity contribution in [2.45, 2.75) is 38.6 Å². The fourth-order valence-electron chi connectivity index (χ4n) is 3.10. The Morgan fingerprint density at radius 3 is 2.41 bits per heavy atom. The van der Waals surface area contributed by atoms with E-state index in [4.69, 9.17) is 4.74 Å². The summed E-state index contributed by atoms with van der Waals surface area (Å²) in [5.74, 6) is -0.259. The van der Waals surface area contributed by atoms with E-state index >= 15 is 0 Å². The highest BCUT2D eigenvalue weighted by atomic mass is 16.6. The minimum Gasteiger partial charge on any atom is -0.444 e. The van der Waals surface area contributed by atoms with Crippen LogP contribution in [0.3, 0.4) is 0 Å². The van der Waals surface area contributed by atoms with Crippen LogP contribution in [0.15, 0.2) is 54.6 Å². The topological polar surface area (TPSA) is 78.9 Å². The fourth-order valence-corrected chi connectivity index (χ4v) is 3.10. The molecule has 0 bridgehead atoms. The Bertz CT molecular complexity index is 830. The molecular weight excluding hydrogens is 344 g/mol. The number of hydrogen-bond acceptors (Lipinski definition) is 4. The van der Waals surface area contributed by atoms with Gasteiger partial charge >= 0.3 is 6.09 Å². The molecule has 6 nitrogen and oxygen atoms in total. The molecule has 1 unspecified atom stereocenters. The van der Waals surface area contributed by atoms with Gasteiger partial charge in [-0.2, -0.15) is 0 Å². The van der Waals surface area contributed by atoms with E-state index < -0.39 is 24.0 Å². The molecule has 2 aromatic rings. The first-order valence-corrected chi connectivity index (χ1v) is 8.89. The minimum atomic E-state index is -1.04. The number of ether oxygens (including phenoxy) is 1. The molecule has 0 spiro atoms. The standard InChI is InChI=1S/C21H24N2O4/c1-21(2,3)27-20(26)22-17(14-9-5-4-6-10-14)13-23-18(24)15-11-7-8-12-16(15)19(23)25/h4-12,17-18,24H,13H2,1-3H3,(H,22,26)/t17-,18?/m0/s1. The predicted octanol–water partition coefficient (Wildman–Crippen LogP) is 3.40. The zero-order chi connectivity index (χ0) is 19.6. The van der Waals surface area contributed by atoms with Gasteiger partial charge in [0.1, 0.15) is 5.60 Å². The number of aliphatic hydroxyl groups is 1. The molecular formula is C21H24N2O4. The molecule has 2 atom stereocenters. The van der Waals surface area contributed by atoms with Crippen LogP contribution in [0, 0.1) is 0 Å². The van der Waals surface area contributed by atoms with Gasteiger partial charge in [0.2, 0.25) is 0 Å². The molecule has 0 aliphatic carbocycles. The number of alkyl carbamates (subject to hydrolysis) is 1. The molecule has 0 fully saturated rings. The van der Waals surface area contributed by atoms with Crippen molar-refractivity contribution in [3.63, 3.8) is 0 Å². The third kappa shape index (κ3) is 4.28. The van der Waals surface area contributed by atoms with Gasteiger partial charge in [0.05, 0.1) is 6.04 Å². The van der Waals surface area contributed by atoms with Crippen molar-refractivity contribution < 1.29 is 19.4 Å². The molecule has 2 amide bonds. The van der Waals surface area contributed by atoms with Crippen molar-refractivity contribution in [3.8, 4) is 0 Å². The van der Waals surface area contributed by atoms with Gasteiger partial charge in [0.25, 0.3) is 5.91 Å². The van der Waals surface area contributed by atoms with Gasteiger partial charge in [-0.1, -0.05) is 48.5 Å². The molecule has 0 saturated heterocycles. The first-order valence-electron chi connectivity index (χ1n) is 8.89. The highest BCUT2D eigenvalue weighted by Gasteiger charge is 2.37.